The van der Waals surface area contributed by atoms with Crippen LogP contribution in [0.1, 0.15) is 6.42 Å². The average Bonchev–Trinajstić information content (AvgIpc) is 2.39. The van der Waals surface area contributed by atoms with Crippen LogP contribution >= 0.6 is 23.5 Å². The molecule has 0 amide bonds. The van der Waals surface area contributed by atoms with Gasteiger partial charge in [-0.2, -0.15) is 13.2 Å². The molecule has 1 saturated heterocycles. The first-order valence-electron chi connectivity index (χ1n) is 5.62. The van der Waals surface area contributed by atoms with E-state index in [4.69, 9.17) is 4.74 Å². The second kappa shape index (κ2) is 5.72. The van der Waals surface area contributed by atoms with Crippen LogP contribution in [-0.4, -0.2) is 26.9 Å². The quantitative estimate of drug-likeness (QED) is 0.619. The van der Waals surface area contributed by atoms with E-state index in [2.05, 4.69) is 0 Å². The topological polar surface area (TPSA) is 52.4 Å². The van der Waals surface area contributed by atoms with Gasteiger partial charge in [0.15, 0.2) is 0 Å². The Morgan fingerprint density at radius 1 is 1.20 bits per heavy atom. The Balaban J connectivity index is 2.22. The molecule has 0 spiro atoms. The van der Waals surface area contributed by atoms with Crippen LogP contribution in [0.25, 0.3) is 0 Å². The van der Waals surface area contributed by atoms with Crippen LogP contribution < -0.4 is 4.74 Å². The predicted molar refractivity (Wildman–Crippen MR) is 72.0 cm³/mol. The Bertz CT molecular complexity index is 487. The second-order valence-electron chi connectivity index (χ2n) is 3.96. The van der Waals surface area contributed by atoms with Crippen molar-refractivity contribution in [3.63, 3.8) is 0 Å². The SMILES string of the molecule is O=[N+]([O-])c1ccc(OC2(C(F)(F)F)SCCCS2)cc1. The number of alkyl halides is 3. The first-order valence-corrected chi connectivity index (χ1v) is 7.59. The molecule has 1 aliphatic heterocycles. The van der Waals surface area contributed by atoms with Crippen molar-refractivity contribution in [1.82, 2.24) is 0 Å². The standard InChI is InChI=1S/C11H10F3NO3S2/c12-10(13,14)11(19-6-1-7-20-11)18-9-4-2-8(3-5-9)15(16)17/h2-5H,1,6-7H2. The van der Waals surface area contributed by atoms with E-state index < -0.39 is 15.4 Å². The number of nitro groups is 1. The summed E-state index contributed by atoms with van der Waals surface area (Å²) >= 11 is 1.41. The highest BCUT2D eigenvalue weighted by atomic mass is 32.2. The molecule has 0 N–H and O–H groups in total. The van der Waals surface area contributed by atoms with Crippen molar-refractivity contribution < 1.29 is 22.8 Å². The van der Waals surface area contributed by atoms with Gasteiger partial charge in [0.05, 0.1) is 4.92 Å². The molecule has 1 heterocycles. The Morgan fingerprint density at radius 2 is 1.75 bits per heavy atom. The number of rotatable bonds is 3. The van der Waals surface area contributed by atoms with Crippen molar-refractivity contribution >= 4 is 29.2 Å². The van der Waals surface area contributed by atoms with Gasteiger partial charge in [-0.05, 0) is 30.1 Å². The molecule has 0 atom stereocenters. The fraction of sp³-hybridized carbons (Fsp3) is 0.455. The number of ether oxygens (including phenoxy) is 1. The lowest BCUT2D eigenvalue weighted by molar-refractivity contribution is -0.384. The largest absolute Gasteiger partial charge is 0.458 e. The molecular weight excluding hydrogens is 315 g/mol. The zero-order chi connectivity index (χ0) is 14.8. The van der Waals surface area contributed by atoms with E-state index >= 15 is 0 Å². The molecule has 0 radical (unpaired) electrons. The monoisotopic (exact) mass is 325 g/mol. The van der Waals surface area contributed by atoms with Gasteiger partial charge in [0.1, 0.15) is 5.75 Å². The molecule has 2 rings (SSSR count). The van der Waals surface area contributed by atoms with Gasteiger partial charge in [0.25, 0.3) is 9.95 Å². The molecule has 0 bridgehead atoms. The molecule has 1 aliphatic rings. The maximum absolute atomic E-state index is 13.2. The Labute approximate surface area is 121 Å². The summed E-state index contributed by atoms with van der Waals surface area (Å²) in [5.74, 6) is 0.689. The lowest BCUT2D eigenvalue weighted by Gasteiger charge is -2.37. The Morgan fingerprint density at radius 3 is 2.20 bits per heavy atom. The summed E-state index contributed by atoms with van der Waals surface area (Å²) in [5, 5.41) is 10.5. The number of hydrogen-bond donors (Lipinski definition) is 0. The van der Waals surface area contributed by atoms with E-state index in [9.17, 15) is 23.3 Å². The van der Waals surface area contributed by atoms with Gasteiger partial charge in [-0.15, -0.1) is 0 Å². The first kappa shape index (κ1) is 15.3. The van der Waals surface area contributed by atoms with Crippen molar-refractivity contribution in [2.24, 2.45) is 0 Å². The third-order valence-electron chi connectivity index (χ3n) is 2.52. The number of halogens is 3. The predicted octanol–water partition coefficient (Wildman–Crippen LogP) is 4.06. The van der Waals surface area contributed by atoms with Crippen molar-refractivity contribution in [3.05, 3.63) is 34.4 Å². The number of hydrogen-bond acceptors (Lipinski definition) is 5. The molecule has 4 nitrogen and oxygen atoms in total. The van der Waals surface area contributed by atoms with Crippen LogP contribution in [0.5, 0.6) is 5.75 Å². The van der Waals surface area contributed by atoms with E-state index in [1.807, 2.05) is 0 Å². The van der Waals surface area contributed by atoms with Crippen molar-refractivity contribution in [1.29, 1.82) is 0 Å². The molecule has 0 aliphatic carbocycles. The summed E-state index contributed by atoms with van der Waals surface area (Å²) in [6.07, 6.45) is -3.83. The highest BCUT2D eigenvalue weighted by Crippen LogP contribution is 2.53. The third kappa shape index (κ3) is 3.14. The van der Waals surface area contributed by atoms with Gasteiger partial charge in [-0.25, -0.2) is 0 Å². The highest BCUT2D eigenvalue weighted by Gasteiger charge is 2.59. The van der Waals surface area contributed by atoms with E-state index in [0.717, 1.165) is 12.1 Å². The smallest absolute Gasteiger partial charge is 0.448 e. The highest BCUT2D eigenvalue weighted by molar-refractivity contribution is 8.18. The Kier molecular flexibility index (Phi) is 4.38. The number of benzene rings is 1. The summed E-state index contributed by atoms with van der Waals surface area (Å²) in [7, 11) is 0. The van der Waals surface area contributed by atoms with Crippen LogP contribution in [0.15, 0.2) is 24.3 Å². The minimum Gasteiger partial charge on any atom is -0.458 e. The van der Waals surface area contributed by atoms with Crippen LogP contribution in [0.3, 0.4) is 0 Å². The molecule has 110 valence electrons. The zero-order valence-electron chi connectivity index (χ0n) is 10.1. The molecule has 1 aromatic carbocycles. The van der Waals surface area contributed by atoms with E-state index in [1.165, 1.54) is 12.1 Å². The minimum atomic E-state index is -4.52. The number of non-ortho nitro benzene ring substituents is 1. The van der Waals surface area contributed by atoms with Gasteiger partial charge in [0.2, 0.25) is 0 Å². The summed E-state index contributed by atoms with van der Waals surface area (Å²) in [6, 6.07) is 4.61. The number of nitrogens with zero attached hydrogens (tertiary/aromatic N) is 1. The first-order chi connectivity index (χ1) is 9.34. The van der Waals surface area contributed by atoms with Crippen molar-refractivity contribution in [2.75, 3.05) is 11.5 Å². The maximum atomic E-state index is 13.2. The maximum Gasteiger partial charge on any atom is 0.448 e. The average molecular weight is 325 g/mol. The van der Waals surface area contributed by atoms with Crippen molar-refractivity contribution in [2.45, 2.75) is 16.9 Å². The van der Waals surface area contributed by atoms with Gasteiger partial charge in [-0.1, -0.05) is 23.5 Å². The third-order valence-corrected chi connectivity index (χ3v) is 5.60. The lowest BCUT2D eigenvalue weighted by atomic mass is 10.3. The summed E-state index contributed by atoms with van der Waals surface area (Å²) in [6.45, 7) is 0. The fourth-order valence-corrected chi connectivity index (χ4v) is 4.35. The van der Waals surface area contributed by atoms with Crippen LogP contribution in [-0.2, 0) is 0 Å². The minimum absolute atomic E-state index is 0.0326. The molecule has 1 aromatic rings. The summed E-state index contributed by atoms with van der Waals surface area (Å²) in [5.41, 5.74) is -0.192. The van der Waals surface area contributed by atoms with Crippen LogP contribution in [0, 0.1) is 10.1 Å². The molecule has 1 fully saturated rings. The second-order valence-corrected chi connectivity index (χ2v) is 6.76. The van der Waals surface area contributed by atoms with Gasteiger partial charge < -0.3 is 4.74 Å². The van der Waals surface area contributed by atoms with E-state index in [0.29, 0.717) is 41.5 Å². The lowest BCUT2D eigenvalue weighted by Crippen LogP contribution is -2.46. The molecular formula is C11H10F3NO3S2. The van der Waals surface area contributed by atoms with Crippen molar-refractivity contribution in [3.8, 4) is 5.75 Å². The van der Waals surface area contributed by atoms with Gasteiger partial charge >= 0.3 is 6.18 Å². The molecule has 0 unspecified atom stereocenters. The summed E-state index contributed by atoms with van der Waals surface area (Å²) in [4.78, 5) is 9.88. The zero-order valence-corrected chi connectivity index (χ0v) is 11.7. The fourth-order valence-electron chi connectivity index (χ4n) is 1.59. The van der Waals surface area contributed by atoms with E-state index in [-0.39, 0.29) is 11.4 Å². The number of thioether (sulfide) groups is 2. The summed E-state index contributed by atoms with van der Waals surface area (Å²) < 4.78 is 42.4. The van der Waals surface area contributed by atoms with Crippen LogP contribution in [0.4, 0.5) is 18.9 Å². The van der Waals surface area contributed by atoms with Gasteiger partial charge in [-0.3, -0.25) is 10.1 Å². The molecule has 0 aromatic heterocycles. The molecule has 0 saturated carbocycles. The number of nitro benzene ring substituents is 1. The van der Waals surface area contributed by atoms with Crippen LogP contribution in [0.2, 0.25) is 0 Å². The Hall–Kier alpha value is -1.09. The van der Waals surface area contributed by atoms with Gasteiger partial charge in [0, 0.05) is 12.1 Å². The normalized spacial score (nSPS) is 18.6. The molecule has 20 heavy (non-hydrogen) atoms. The molecule has 9 heteroatoms. The van der Waals surface area contributed by atoms with E-state index in [1.54, 1.807) is 0 Å².